The van der Waals surface area contributed by atoms with Crippen LogP contribution in [-0.4, -0.2) is 24.2 Å². The number of pyridine rings is 1. The zero-order valence-electron chi connectivity index (χ0n) is 9.45. The second kappa shape index (κ2) is 5.62. The molecule has 0 bridgehead atoms. The van der Waals surface area contributed by atoms with Gasteiger partial charge < -0.3 is 10.1 Å². The van der Waals surface area contributed by atoms with Gasteiger partial charge in [0.1, 0.15) is 5.15 Å². The highest BCUT2D eigenvalue weighted by molar-refractivity contribution is 6.30. The molecule has 16 heavy (non-hydrogen) atoms. The number of nitrogens with one attached hydrogen (secondary N) is 1. The van der Waals surface area contributed by atoms with Crippen LogP contribution in [0.4, 0.5) is 0 Å². The van der Waals surface area contributed by atoms with Crippen molar-refractivity contribution in [2.45, 2.75) is 31.8 Å². The molecular formula is C12H17ClN2O. The lowest BCUT2D eigenvalue weighted by Crippen LogP contribution is -2.38. The van der Waals surface area contributed by atoms with Crippen molar-refractivity contribution in [3.63, 3.8) is 0 Å². The molecule has 1 aliphatic rings. The van der Waals surface area contributed by atoms with Gasteiger partial charge in [-0.05, 0) is 25.8 Å². The Morgan fingerprint density at radius 3 is 3.19 bits per heavy atom. The molecule has 4 heteroatoms. The lowest BCUT2D eigenvalue weighted by Gasteiger charge is -2.27. The van der Waals surface area contributed by atoms with E-state index < -0.39 is 0 Å². The Kier molecular flexibility index (Phi) is 4.16. The van der Waals surface area contributed by atoms with Crippen molar-refractivity contribution in [2.24, 2.45) is 0 Å². The van der Waals surface area contributed by atoms with E-state index in [1.165, 1.54) is 6.42 Å². The summed E-state index contributed by atoms with van der Waals surface area (Å²) >= 11 is 6.05. The first kappa shape index (κ1) is 11.8. The smallest absolute Gasteiger partial charge is 0.133 e. The maximum absolute atomic E-state index is 6.05. The average Bonchev–Trinajstić information content (AvgIpc) is 2.31. The summed E-state index contributed by atoms with van der Waals surface area (Å²) in [6, 6.07) is 4.57. The quantitative estimate of drug-likeness (QED) is 0.825. The molecule has 1 aliphatic heterocycles. The molecule has 0 aromatic carbocycles. The van der Waals surface area contributed by atoms with Gasteiger partial charge in [0.05, 0.1) is 6.61 Å². The number of ether oxygens (including phenoxy) is 1. The van der Waals surface area contributed by atoms with Crippen LogP contribution in [0.2, 0.25) is 5.15 Å². The standard InChI is InChI=1S/C12H17ClN2O/c1-9(11-5-2-6-14-12(11)13)15-10-4-3-7-16-8-10/h2,5-6,9-10,15H,3-4,7-8H2,1H3. The molecule has 2 rings (SSSR count). The fourth-order valence-electron chi connectivity index (χ4n) is 2.04. The molecule has 2 heterocycles. The molecule has 2 unspecified atom stereocenters. The molecule has 1 N–H and O–H groups in total. The van der Waals surface area contributed by atoms with E-state index >= 15 is 0 Å². The highest BCUT2D eigenvalue weighted by Gasteiger charge is 2.18. The molecule has 0 radical (unpaired) electrons. The number of rotatable bonds is 3. The van der Waals surface area contributed by atoms with Crippen LogP contribution in [0.5, 0.6) is 0 Å². The Bertz CT molecular complexity index is 340. The molecule has 1 saturated heterocycles. The number of hydrogen-bond donors (Lipinski definition) is 1. The van der Waals surface area contributed by atoms with E-state index in [1.54, 1.807) is 6.20 Å². The highest BCUT2D eigenvalue weighted by Crippen LogP contribution is 2.21. The summed E-state index contributed by atoms with van der Waals surface area (Å²) in [6.45, 7) is 3.79. The van der Waals surface area contributed by atoms with E-state index in [4.69, 9.17) is 16.3 Å². The van der Waals surface area contributed by atoms with E-state index in [0.29, 0.717) is 11.2 Å². The monoisotopic (exact) mass is 240 g/mol. The zero-order chi connectivity index (χ0) is 11.4. The summed E-state index contributed by atoms with van der Waals surface area (Å²) in [7, 11) is 0. The van der Waals surface area contributed by atoms with Gasteiger partial charge in [0.2, 0.25) is 0 Å². The van der Waals surface area contributed by atoms with Crippen LogP contribution in [0.1, 0.15) is 31.4 Å². The van der Waals surface area contributed by atoms with Gasteiger partial charge in [-0.2, -0.15) is 0 Å². The number of aromatic nitrogens is 1. The van der Waals surface area contributed by atoms with Crippen molar-refractivity contribution in [2.75, 3.05) is 13.2 Å². The average molecular weight is 241 g/mol. The minimum Gasteiger partial charge on any atom is -0.380 e. The largest absolute Gasteiger partial charge is 0.380 e. The SMILES string of the molecule is CC(NC1CCCOC1)c1cccnc1Cl. The van der Waals surface area contributed by atoms with Crippen molar-refractivity contribution >= 4 is 11.6 Å². The maximum Gasteiger partial charge on any atom is 0.133 e. The maximum atomic E-state index is 6.05. The Labute approximate surface area is 101 Å². The Morgan fingerprint density at radius 1 is 1.62 bits per heavy atom. The number of hydrogen-bond acceptors (Lipinski definition) is 3. The van der Waals surface area contributed by atoms with Crippen LogP contribution in [-0.2, 0) is 4.74 Å². The minimum absolute atomic E-state index is 0.216. The Morgan fingerprint density at radius 2 is 2.50 bits per heavy atom. The summed E-state index contributed by atoms with van der Waals surface area (Å²) in [5.41, 5.74) is 1.05. The molecule has 0 amide bonds. The zero-order valence-corrected chi connectivity index (χ0v) is 10.2. The Hall–Kier alpha value is -0.640. The van der Waals surface area contributed by atoms with Crippen molar-refractivity contribution in [3.05, 3.63) is 29.0 Å². The molecule has 88 valence electrons. The Balaban J connectivity index is 1.96. The molecule has 0 saturated carbocycles. The predicted molar refractivity (Wildman–Crippen MR) is 64.6 cm³/mol. The first-order valence-corrected chi connectivity index (χ1v) is 6.09. The van der Waals surface area contributed by atoms with Crippen LogP contribution in [0.25, 0.3) is 0 Å². The van der Waals surface area contributed by atoms with Gasteiger partial charge in [-0.15, -0.1) is 0 Å². The van der Waals surface area contributed by atoms with Crippen LogP contribution < -0.4 is 5.32 Å². The molecule has 3 nitrogen and oxygen atoms in total. The van der Waals surface area contributed by atoms with E-state index in [2.05, 4.69) is 17.2 Å². The number of halogens is 1. The van der Waals surface area contributed by atoms with Gasteiger partial charge in [0, 0.05) is 30.5 Å². The van der Waals surface area contributed by atoms with Gasteiger partial charge in [-0.3, -0.25) is 0 Å². The van der Waals surface area contributed by atoms with Crippen LogP contribution in [0.15, 0.2) is 18.3 Å². The molecule has 1 fully saturated rings. The summed E-state index contributed by atoms with van der Waals surface area (Å²) < 4.78 is 5.44. The first-order valence-electron chi connectivity index (χ1n) is 5.71. The summed E-state index contributed by atoms with van der Waals surface area (Å²) in [5.74, 6) is 0. The van der Waals surface area contributed by atoms with Crippen LogP contribution >= 0.6 is 11.6 Å². The lowest BCUT2D eigenvalue weighted by atomic mass is 10.1. The van der Waals surface area contributed by atoms with Crippen molar-refractivity contribution in [1.29, 1.82) is 0 Å². The topological polar surface area (TPSA) is 34.1 Å². The van der Waals surface area contributed by atoms with Gasteiger partial charge in [-0.1, -0.05) is 17.7 Å². The second-order valence-corrected chi connectivity index (χ2v) is 4.54. The van der Waals surface area contributed by atoms with Gasteiger partial charge in [0.15, 0.2) is 0 Å². The van der Waals surface area contributed by atoms with Gasteiger partial charge in [0.25, 0.3) is 0 Å². The molecule has 2 atom stereocenters. The molecule has 0 spiro atoms. The summed E-state index contributed by atoms with van der Waals surface area (Å²) in [5, 5.41) is 4.11. The second-order valence-electron chi connectivity index (χ2n) is 4.19. The van der Waals surface area contributed by atoms with Crippen molar-refractivity contribution in [3.8, 4) is 0 Å². The highest BCUT2D eigenvalue weighted by atomic mass is 35.5. The van der Waals surface area contributed by atoms with Crippen LogP contribution in [0, 0.1) is 0 Å². The van der Waals surface area contributed by atoms with E-state index in [1.807, 2.05) is 12.1 Å². The third kappa shape index (κ3) is 2.94. The molecule has 1 aromatic rings. The summed E-state index contributed by atoms with van der Waals surface area (Å²) in [6.07, 6.45) is 4.01. The lowest BCUT2D eigenvalue weighted by molar-refractivity contribution is 0.0671. The molecular weight excluding hydrogens is 224 g/mol. The van der Waals surface area contributed by atoms with E-state index in [9.17, 15) is 0 Å². The van der Waals surface area contributed by atoms with E-state index in [-0.39, 0.29) is 6.04 Å². The normalized spacial score (nSPS) is 23.0. The van der Waals surface area contributed by atoms with Gasteiger partial charge >= 0.3 is 0 Å². The van der Waals surface area contributed by atoms with Gasteiger partial charge in [-0.25, -0.2) is 4.98 Å². The third-order valence-corrected chi connectivity index (χ3v) is 3.22. The van der Waals surface area contributed by atoms with Crippen molar-refractivity contribution in [1.82, 2.24) is 10.3 Å². The third-order valence-electron chi connectivity index (χ3n) is 2.90. The number of nitrogens with zero attached hydrogens (tertiary/aromatic N) is 1. The molecule has 1 aromatic heterocycles. The predicted octanol–water partition coefficient (Wildman–Crippen LogP) is 2.56. The fraction of sp³-hybridized carbons (Fsp3) is 0.583. The van der Waals surface area contributed by atoms with Crippen LogP contribution in [0.3, 0.4) is 0 Å². The van der Waals surface area contributed by atoms with Crippen molar-refractivity contribution < 1.29 is 4.74 Å². The summed E-state index contributed by atoms with van der Waals surface area (Å²) in [4.78, 5) is 4.09. The molecule has 0 aliphatic carbocycles. The first-order chi connectivity index (χ1) is 7.77. The van der Waals surface area contributed by atoms with E-state index in [0.717, 1.165) is 25.2 Å². The fourth-order valence-corrected chi connectivity index (χ4v) is 2.32. The minimum atomic E-state index is 0.216.